The fourth-order valence-electron chi connectivity index (χ4n) is 1.56. The lowest BCUT2D eigenvalue weighted by Crippen LogP contribution is -1.98. The minimum atomic E-state index is -0.0976. The summed E-state index contributed by atoms with van der Waals surface area (Å²) < 4.78 is 0. The van der Waals surface area contributed by atoms with Gasteiger partial charge in [0.15, 0.2) is 0 Å². The van der Waals surface area contributed by atoms with Gasteiger partial charge in [0.25, 0.3) is 0 Å². The highest BCUT2D eigenvalue weighted by Gasteiger charge is 2.12. The Kier molecular flexibility index (Phi) is 2.62. The van der Waals surface area contributed by atoms with E-state index in [2.05, 4.69) is 0 Å². The molecule has 0 bridgehead atoms. The first-order chi connectivity index (χ1) is 6.00. The highest BCUT2D eigenvalue weighted by Crippen LogP contribution is 2.31. The summed E-state index contributed by atoms with van der Waals surface area (Å²) >= 11 is 0. The van der Waals surface area contributed by atoms with Crippen molar-refractivity contribution in [2.75, 3.05) is 0 Å². The molecule has 0 amide bonds. The van der Waals surface area contributed by atoms with Crippen molar-refractivity contribution < 1.29 is 10.2 Å². The normalized spacial score (nSPS) is 10.5. The zero-order valence-electron chi connectivity index (χ0n) is 8.60. The van der Waals surface area contributed by atoms with Crippen molar-refractivity contribution in [3.63, 3.8) is 0 Å². The molecule has 2 heteroatoms. The van der Waals surface area contributed by atoms with Gasteiger partial charge < -0.3 is 10.2 Å². The van der Waals surface area contributed by atoms with Gasteiger partial charge in [0.1, 0.15) is 5.75 Å². The van der Waals surface area contributed by atoms with Gasteiger partial charge in [-0.15, -0.1) is 0 Å². The first-order valence-corrected chi connectivity index (χ1v) is 4.39. The summed E-state index contributed by atoms with van der Waals surface area (Å²) in [7, 11) is 0. The average molecular weight is 180 g/mol. The number of hydrogen-bond donors (Lipinski definition) is 2. The van der Waals surface area contributed by atoms with E-state index in [1.807, 2.05) is 27.7 Å². The van der Waals surface area contributed by atoms with E-state index >= 15 is 0 Å². The second-order valence-electron chi connectivity index (χ2n) is 3.49. The van der Waals surface area contributed by atoms with E-state index in [9.17, 15) is 5.11 Å². The Hall–Kier alpha value is -1.02. The summed E-state index contributed by atoms with van der Waals surface area (Å²) in [5.41, 5.74) is 4.77. The van der Waals surface area contributed by atoms with Gasteiger partial charge in [-0.05, 0) is 49.9 Å². The molecule has 0 saturated heterocycles. The molecular formula is C11H16O2. The molecule has 0 spiro atoms. The Labute approximate surface area is 78.8 Å². The van der Waals surface area contributed by atoms with E-state index in [1.54, 1.807) is 0 Å². The maximum atomic E-state index is 9.72. The van der Waals surface area contributed by atoms with E-state index in [0.717, 1.165) is 22.3 Å². The standard InChI is InChI=1S/C11H16O2/c1-6-7(2)9(4)11(13)10(5-12)8(6)3/h12-13H,5H2,1-4H3. The SMILES string of the molecule is Cc1c(C)c(C)c(CO)c(O)c1C. The molecule has 0 unspecified atom stereocenters. The summed E-state index contributed by atoms with van der Waals surface area (Å²) in [5.74, 6) is 0.239. The van der Waals surface area contributed by atoms with Gasteiger partial charge in [-0.25, -0.2) is 0 Å². The molecule has 0 saturated carbocycles. The zero-order valence-corrected chi connectivity index (χ0v) is 8.60. The number of aromatic hydroxyl groups is 1. The first kappa shape index (κ1) is 10.1. The lowest BCUT2D eigenvalue weighted by Gasteiger charge is -2.15. The molecule has 1 rings (SSSR count). The van der Waals surface area contributed by atoms with Crippen LogP contribution in [0.5, 0.6) is 5.75 Å². The topological polar surface area (TPSA) is 40.5 Å². The van der Waals surface area contributed by atoms with Crippen LogP contribution in [0.1, 0.15) is 27.8 Å². The Morgan fingerprint density at radius 3 is 1.77 bits per heavy atom. The van der Waals surface area contributed by atoms with Crippen LogP contribution in [0.15, 0.2) is 0 Å². The number of rotatable bonds is 1. The van der Waals surface area contributed by atoms with Crippen molar-refractivity contribution >= 4 is 0 Å². The van der Waals surface area contributed by atoms with Crippen LogP contribution >= 0.6 is 0 Å². The minimum Gasteiger partial charge on any atom is -0.507 e. The van der Waals surface area contributed by atoms with Crippen molar-refractivity contribution in [2.45, 2.75) is 34.3 Å². The molecule has 2 N–H and O–H groups in total. The predicted octanol–water partition coefficient (Wildman–Crippen LogP) is 2.12. The van der Waals surface area contributed by atoms with Crippen LogP contribution in [-0.2, 0) is 6.61 Å². The van der Waals surface area contributed by atoms with E-state index in [0.29, 0.717) is 5.56 Å². The van der Waals surface area contributed by atoms with Gasteiger partial charge >= 0.3 is 0 Å². The molecule has 1 aromatic carbocycles. The zero-order chi connectivity index (χ0) is 10.2. The molecule has 13 heavy (non-hydrogen) atoms. The Morgan fingerprint density at radius 2 is 1.31 bits per heavy atom. The molecule has 0 aromatic heterocycles. The molecule has 0 radical (unpaired) electrons. The van der Waals surface area contributed by atoms with Crippen LogP contribution in [0, 0.1) is 27.7 Å². The number of benzene rings is 1. The van der Waals surface area contributed by atoms with E-state index in [4.69, 9.17) is 5.11 Å². The lowest BCUT2D eigenvalue weighted by molar-refractivity contribution is 0.274. The quantitative estimate of drug-likeness (QED) is 0.695. The molecule has 1 aromatic rings. The Bertz CT molecular complexity index is 311. The van der Waals surface area contributed by atoms with Crippen LogP contribution in [-0.4, -0.2) is 10.2 Å². The first-order valence-electron chi connectivity index (χ1n) is 4.39. The summed E-state index contributed by atoms with van der Waals surface area (Å²) in [5, 5.41) is 18.8. The fraction of sp³-hybridized carbons (Fsp3) is 0.455. The smallest absolute Gasteiger partial charge is 0.124 e. The largest absolute Gasteiger partial charge is 0.507 e. The average Bonchev–Trinajstić information content (AvgIpc) is 2.13. The van der Waals surface area contributed by atoms with Gasteiger partial charge in [-0.2, -0.15) is 0 Å². The maximum Gasteiger partial charge on any atom is 0.124 e. The molecule has 0 aliphatic heterocycles. The van der Waals surface area contributed by atoms with Gasteiger partial charge in [0.2, 0.25) is 0 Å². The molecular weight excluding hydrogens is 164 g/mol. The molecule has 72 valence electrons. The van der Waals surface area contributed by atoms with Crippen molar-refractivity contribution in [1.82, 2.24) is 0 Å². The number of aliphatic hydroxyl groups excluding tert-OH is 1. The van der Waals surface area contributed by atoms with E-state index in [1.165, 1.54) is 0 Å². The van der Waals surface area contributed by atoms with Crippen molar-refractivity contribution in [1.29, 1.82) is 0 Å². The number of aliphatic hydroxyl groups is 1. The molecule has 0 atom stereocenters. The third-order valence-electron chi connectivity index (χ3n) is 2.94. The number of hydrogen-bond acceptors (Lipinski definition) is 2. The van der Waals surface area contributed by atoms with Crippen molar-refractivity contribution in [2.24, 2.45) is 0 Å². The van der Waals surface area contributed by atoms with Crippen LogP contribution in [0.2, 0.25) is 0 Å². The van der Waals surface area contributed by atoms with E-state index in [-0.39, 0.29) is 12.4 Å². The highest BCUT2D eigenvalue weighted by atomic mass is 16.3. The molecule has 0 heterocycles. The fourth-order valence-corrected chi connectivity index (χ4v) is 1.56. The van der Waals surface area contributed by atoms with Crippen molar-refractivity contribution in [3.05, 3.63) is 27.8 Å². The lowest BCUT2D eigenvalue weighted by atomic mass is 9.94. The molecule has 0 fully saturated rings. The Morgan fingerprint density at radius 1 is 0.846 bits per heavy atom. The van der Waals surface area contributed by atoms with Gasteiger partial charge in [-0.1, -0.05) is 0 Å². The minimum absolute atomic E-state index is 0.0976. The highest BCUT2D eigenvalue weighted by molar-refractivity contribution is 5.52. The predicted molar refractivity (Wildman–Crippen MR) is 53.0 cm³/mol. The molecule has 2 nitrogen and oxygen atoms in total. The van der Waals surface area contributed by atoms with Gasteiger partial charge in [0, 0.05) is 5.56 Å². The second kappa shape index (κ2) is 3.38. The van der Waals surface area contributed by atoms with Crippen LogP contribution in [0.4, 0.5) is 0 Å². The summed E-state index contributed by atoms with van der Waals surface area (Å²) in [6.07, 6.45) is 0. The number of phenols is 1. The molecule has 0 aliphatic carbocycles. The summed E-state index contributed by atoms with van der Waals surface area (Å²) in [6.45, 7) is 7.69. The third-order valence-corrected chi connectivity index (χ3v) is 2.94. The summed E-state index contributed by atoms with van der Waals surface area (Å²) in [4.78, 5) is 0. The molecule has 0 aliphatic rings. The van der Waals surface area contributed by atoms with Crippen LogP contribution < -0.4 is 0 Å². The van der Waals surface area contributed by atoms with Gasteiger partial charge in [-0.3, -0.25) is 0 Å². The second-order valence-corrected chi connectivity index (χ2v) is 3.49. The monoisotopic (exact) mass is 180 g/mol. The van der Waals surface area contributed by atoms with Gasteiger partial charge in [0.05, 0.1) is 6.61 Å². The van der Waals surface area contributed by atoms with E-state index < -0.39 is 0 Å². The Balaban J connectivity index is 3.56. The third kappa shape index (κ3) is 1.42. The van der Waals surface area contributed by atoms with Crippen molar-refractivity contribution in [3.8, 4) is 5.75 Å². The summed E-state index contributed by atoms with van der Waals surface area (Å²) in [6, 6.07) is 0. The van der Waals surface area contributed by atoms with Crippen LogP contribution in [0.3, 0.4) is 0 Å². The van der Waals surface area contributed by atoms with Crippen LogP contribution in [0.25, 0.3) is 0 Å². The maximum absolute atomic E-state index is 9.72.